The first-order chi connectivity index (χ1) is 9.97. The number of hydrogen-bond acceptors (Lipinski definition) is 4. The maximum absolute atomic E-state index is 12.4. The summed E-state index contributed by atoms with van der Waals surface area (Å²) in [6.45, 7) is 6.54. The number of aromatic nitrogens is 1. The normalized spacial score (nSPS) is 22.8. The van der Waals surface area contributed by atoms with Crippen molar-refractivity contribution in [3.8, 4) is 0 Å². The molecule has 1 aliphatic rings. The van der Waals surface area contributed by atoms with Gasteiger partial charge in [-0.2, -0.15) is 0 Å². The van der Waals surface area contributed by atoms with Gasteiger partial charge in [0.05, 0.1) is 11.0 Å². The van der Waals surface area contributed by atoms with Crippen molar-refractivity contribution in [1.82, 2.24) is 14.6 Å². The van der Waals surface area contributed by atoms with E-state index in [1.165, 1.54) is 0 Å². The summed E-state index contributed by atoms with van der Waals surface area (Å²) in [6.07, 6.45) is 2.72. The van der Waals surface area contributed by atoms with E-state index in [9.17, 15) is 8.42 Å². The van der Waals surface area contributed by atoms with Gasteiger partial charge in [0, 0.05) is 44.0 Å². The molecule has 0 aromatic carbocycles. The molecular formula is C14H25N3O3S. The molecule has 0 saturated carbocycles. The molecule has 2 N–H and O–H groups in total. The van der Waals surface area contributed by atoms with E-state index in [0.717, 1.165) is 18.7 Å². The van der Waals surface area contributed by atoms with E-state index in [1.54, 1.807) is 12.3 Å². The van der Waals surface area contributed by atoms with Gasteiger partial charge >= 0.3 is 0 Å². The number of aryl methyl sites for hydroxylation is 1. The molecule has 1 aliphatic heterocycles. The second-order valence-corrected chi connectivity index (χ2v) is 7.23. The Morgan fingerprint density at radius 3 is 2.81 bits per heavy atom. The monoisotopic (exact) mass is 315 g/mol. The highest BCUT2D eigenvalue weighted by atomic mass is 32.2. The van der Waals surface area contributed by atoms with Crippen LogP contribution in [0.5, 0.6) is 0 Å². The van der Waals surface area contributed by atoms with Crippen molar-refractivity contribution in [2.45, 2.75) is 44.4 Å². The molecule has 0 spiro atoms. The number of nitrogens with one attached hydrogen (secondary N) is 2. The van der Waals surface area contributed by atoms with Gasteiger partial charge in [-0.1, -0.05) is 0 Å². The fraction of sp³-hybridized carbons (Fsp3) is 0.714. The zero-order chi connectivity index (χ0) is 15.5. The van der Waals surface area contributed by atoms with Crippen molar-refractivity contribution in [2.24, 2.45) is 5.92 Å². The molecule has 2 heterocycles. The lowest BCUT2D eigenvalue weighted by atomic mass is 10.0. The van der Waals surface area contributed by atoms with Crippen LogP contribution in [0.4, 0.5) is 0 Å². The molecule has 1 fully saturated rings. The van der Waals surface area contributed by atoms with Crippen molar-refractivity contribution in [1.29, 1.82) is 0 Å². The van der Waals surface area contributed by atoms with Gasteiger partial charge < -0.3 is 14.6 Å². The fourth-order valence-corrected chi connectivity index (χ4v) is 3.80. The summed E-state index contributed by atoms with van der Waals surface area (Å²) in [5.41, 5.74) is 0.970. The van der Waals surface area contributed by atoms with Crippen molar-refractivity contribution in [2.75, 3.05) is 20.2 Å². The molecule has 2 rings (SSSR count). The topological polar surface area (TPSA) is 72.4 Å². The molecule has 0 amide bonds. The Morgan fingerprint density at radius 1 is 1.48 bits per heavy atom. The van der Waals surface area contributed by atoms with Gasteiger partial charge in [0.1, 0.15) is 0 Å². The molecule has 1 saturated heterocycles. The van der Waals surface area contributed by atoms with Crippen LogP contribution < -0.4 is 10.0 Å². The highest BCUT2D eigenvalue weighted by Gasteiger charge is 2.26. The lowest BCUT2D eigenvalue weighted by Crippen LogP contribution is -2.31. The van der Waals surface area contributed by atoms with Gasteiger partial charge in [-0.15, -0.1) is 0 Å². The Balaban J connectivity index is 2.08. The Bertz CT molecular complexity index is 568. The van der Waals surface area contributed by atoms with E-state index in [0.29, 0.717) is 24.6 Å². The van der Waals surface area contributed by atoms with Crippen LogP contribution in [0, 0.1) is 5.92 Å². The van der Waals surface area contributed by atoms with E-state index in [-0.39, 0.29) is 12.0 Å². The van der Waals surface area contributed by atoms with Crippen LogP contribution in [0.15, 0.2) is 17.2 Å². The quantitative estimate of drug-likeness (QED) is 0.785. The molecule has 6 nitrogen and oxygen atoms in total. The van der Waals surface area contributed by atoms with E-state index in [2.05, 4.69) is 10.0 Å². The van der Waals surface area contributed by atoms with Crippen molar-refractivity contribution in [3.63, 3.8) is 0 Å². The molecule has 0 aliphatic carbocycles. The highest BCUT2D eigenvalue weighted by Crippen LogP contribution is 2.21. The predicted molar refractivity (Wildman–Crippen MR) is 81.6 cm³/mol. The Morgan fingerprint density at radius 2 is 2.24 bits per heavy atom. The van der Waals surface area contributed by atoms with Crippen LogP contribution in [-0.4, -0.2) is 39.3 Å². The molecule has 2 unspecified atom stereocenters. The van der Waals surface area contributed by atoms with Gasteiger partial charge in [-0.05, 0) is 33.4 Å². The molecule has 0 bridgehead atoms. The van der Waals surface area contributed by atoms with E-state index in [1.807, 2.05) is 25.5 Å². The van der Waals surface area contributed by atoms with Gasteiger partial charge in [0.25, 0.3) is 0 Å². The summed E-state index contributed by atoms with van der Waals surface area (Å²) in [5.74, 6) is 0.254. The summed E-state index contributed by atoms with van der Waals surface area (Å²) < 4.78 is 34.9. The molecule has 0 radical (unpaired) electrons. The van der Waals surface area contributed by atoms with Crippen molar-refractivity contribution in [3.05, 3.63) is 18.0 Å². The maximum Gasteiger partial charge on any atom is 0.242 e. The van der Waals surface area contributed by atoms with Crippen LogP contribution in [-0.2, 0) is 27.8 Å². The van der Waals surface area contributed by atoms with Crippen molar-refractivity contribution < 1.29 is 13.2 Å². The Kier molecular flexibility index (Phi) is 5.43. The van der Waals surface area contributed by atoms with Gasteiger partial charge in [-0.3, -0.25) is 0 Å². The van der Waals surface area contributed by atoms with Crippen LogP contribution in [0.25, 0.3) is 0 Å². The Hall–Kier alpha value is -0.890. The zero-order valence-corrected chi connectivity index (χ0v) is 13.7. The minimum atomic E-state index is -3.46. The van der Waals surface area contributed by atoms with Crippen molar-refractivity contribution >= 4 is 10.0 Å². The third-order valence-electron chi connectivity index (χ3n) is 4.04. The van der Waals surface area contributed by atoms with Crippen LogP contribution in [0.2, 0.25) is 0 Å². The SMILES string of the molecule is CCn1cc(S(=O)(=O)NCC2CCOC2C)cc1CNC. The smallest absolute Gasteiger partial charge is 0.242 e. The van der Waals surface area contributed by atoms with E-state index >= 15 is 0 Å². The predicted octanol–water partition coefficient (Wildman–Crippen LogP) is 0.931. The molecule has 120 valence electrons. The first-order valence-electron chi connectivity index (χ1n) is 7.42. The number of hydrogen-bond donors (Lipinski definition) is 2. The summed E-state index contributed by atoms with van der Waals surface area (Å²) in [5, 5.41) is 3.05. The standard InChI is InChI=1S/C14H25N3O3S/c1-4-17-10-14(7-13(17)9-15-3)21(18,19)16-8-12-5-6-20-11(12)2/h7,10-12,15-16H,4-6,8-9H2,1-3H3. The number of sulfonamides is 1. The molecular weight excluding hydrogens is 290 g/mol. The van der Waals surface area contributed by atoms with Crippen LogP contribution in [0.3, 0.4) is 0 Å². The zero-order valence-electron chi connectivity index (χ0n) is 12.9. The highest BCUT2D eigenvalue weighted by molar-refractivity contribution is 7.89. The summed E-state index contributed by atoms with van der Waals surface area (Å²) >= 11 is 0. The Labute approximate surface area is 126 Å². The van der Waals surface area contributed by atoms with Gasteiger partial charge in [-0.25, -0.2) is 13.1 Å². The lowest BCUT2D eigenvalue weighted by Gasteiger charge is -2.14. The third kappa shape index (κ3) is 3.85. The third-order valence-corrected chi connectivity index (χ3v) is 5.43. The summed E-state index contributed by atoms with van der Waals surface area (Å²) in [4.78, 5) is 0.334. The second kappa shape index (κ2) is 6.91. The molecule has 7 heteroatoms. The largest absolute Gasteiger partial charge is 0.378 e. The minimum absolute atomic E-state index is 0.118. The lowest BCUT2D eigenvalue weighted by molar-refractivity contribution is 0.107. The molecule has 2 atom stereocenters. The second-order valence-electron chi connectivity index (χ2n) is 5.46. The summed E-state index contributed by atoms with van der Waals surface area (Å²) in [7, 11) is -1.61. The average Bonchev–Trinajstić information content (AvgIpc) is 3.04. The van der Waals surface area contributed by atoms with Gasteiger partial charge in [0.2, 0.25) is 10.0 Å². The first kappa shape index (κ1) is 16.5. The number of rotatable bonds is 7. The maximum atomic E-state index is 12.4. The molecule has 1 aromatic rings. The molecule has 1 aromatic heterocycles. The van der Waals surface area contributed by atoms with Crippen LogP contribution >= 0.6 is 0 Å². The van der Waals surface area contributed by atoms with Crippen LogP contribution in [0.1, 0.15) is 26.0 Å². The fourth-order valence-electron chi connectivity index (χ4n) is 2.64. The minimum Gasteiger partial charge on any atom is -0.378 e. The van der Waals surface area contributed by atoms with Gasteiger partial charge in [0.15, 0.2) is 0 Å². The average molecular weight is 315 g/mol. The molecule has 21 heavy (non-hydrogen) atoms. The first-order valence-corrected chi connectivity index (χ1v) is 8.91. The number of nitrogens with zero attached hydrogens (tertiary/aromatic N) is 1. The number of ether oxygens (including phenoxy) is 1. The summed E-state index contributed by atoms with van der Waals surface area (Å²) in [6, 6.07) is 1.73. The van der Waals surface area contributed by atoms with E-state index in [4.69, 9.17) is 4.74 Å². The van der Waals surface area contributed by atoms with E-state index < -0.39 is 10.0 Å².